The molecule has 0 fully saturated rings. The van der Waals surface area contributed by atoms with E-state index in [1.54, 1.807) is 29.1 Å². The molecule has 1 N–H and O–H groups in total. The summed E-state index contributed by atoms with van der Waals surface area (Å²) < 4.78 is 12.2. The molecule has 0 aliphatic rings. The molecule has 0 atom stereocenters. The molecule has 0 saturated heterocycles. The van der Waals surface area contributed by atoms with E-state index in [2.05, 4.69) is 15.4 Å². The number of nitrogens with one attached hydrogen (secondary N) is 1. The standard InChI is InChI=1S/C19H19ClN4O3/c1-11-14-9-13(10-21-19(14)24(2)23-11)22-17(25)6-5-12-7-15(20)18(27-4)16(8-12)26-3/h5-10H,1-4H3,(H,22,25)/b6-5+. The molecular formula is C19H19ClN4O3. The molecule has 2 heterocycles. The Morgan fingerprint density at radius 3 is 2.74 bits per heavy atom. The van der Waals surface area contributed by atoms with Crippen molar-refractivity contribution in [2.24, 2.45) is 7.05 Å². The number of hydrogen-bond donors (Lipinski definition) is 1. The Morgan fingerprint density at radius 1 is 1.26 bits per heavy atom. The lowest BCUT2D eigenvalue weighted by atomic mass is 10.2. The number of rotatable bonds is 5. The number of carbonyl (C=O) groups is 1. The highest BCUT2D eigenvalue weighted by Crippen LogP contribution is 2.36. The van der Waals surface area contributed by atoms with Crippen LogP contribution < -0.4 is 14.8 Å². The van der Waals surface area contributed by atoms with Crippen LogP contribution in [0.4, 0.5) is 5.69 Å². The summed E-state index contributed by atoms with van der Waals surface area (Å²) in [5.41, 5.74) is 2.93. The number of hydrogen-bond acceptors (Lipinski definition) is 5. The fraction of sp³-hybridized carbons (Fsp3) is 0.211. The number of anilines is 1. The normalized spacial score (nSPS) is 11.1. The van der Waals surface area contributed by atoms with Gasteiger partial charge in [-0.15, -0.1) is 0 Å². The molecule has 1 amide bonds. The van der Waals surface area contributed by atoms with Gasteiger partial charge in [0, 0.05) is 18.5 Å². The number of pyridine rings is 1. The van der Waals surface area contributed by atoms with Crippen molar-refractivity contribution >= 4 is 40.3 Å². The number of benzene rings is 1. The van der Waals surface area contributed by atoms with E-state index in [-0.39, 0.29) is 5.91 Å². The molecule has 140 valence electrons. The average molecular weight is 387 g/mol. The maximum atomic E-state index is 12.2. The summed E-state index contributed by atoms with van der Waals surface area (Å²) in [7, 11) is 4.87. The summed E-state index contributed by atoms with van der Waals surface area (Å²) in [4.78, 5) is 16.6. The van der Waals surface area contributed by atoms with Gasteiger partial charge >= 0.3 is 0 Å². The quantitative estimate of drug-likeness (QED) is 0.678. The van der Waals surface area contributed by atoms with E-state index in [0.717, 1.165) is 16.7 Å². The molecule has 0 saturated carbocycles. The Kier molecular flexibility index (Phi) is 5.32. The first-order chi connectivity index (χ1) is 12.9. The Hall–Kier alpha value is -3.06. The van der Waals surface area contributed by atoms with Crippen molar-refractivity contribution < 1.29 is 14.3 Å². The number of ether oxygens (including phenoxy) is 2. The summed E-state index contributed by atoms with van der Waals surface area (Å²) in [6.07, 6.45) is 4.66. The summed E-state index contributed by atoms with van der Waals surface area (Å²) in [5.74, 6) is 0.655. The average Bonchev–Trinajstić information content (AvgIpc) is 2.93. The van der Waals surface area contributed by atoms with Gasteiger partial charge in [0.1, 0.15) is 0 Å². The minimum Gasteiger partial charge on any atom is -0.493 e. The van der Waals surface area contributed by atoms with E-state index in [1.165, 1.54) is 20.3 Å². The Bertz CT molecular complexity index is 1040. The molecule has 1 aromatic carbocycles. The van der Waals surface area contributed by atoms with Gasteiger partial charge in [0.15, 0.2) is 17.1 Å². The second-order valence-corrected chi connectivity index (χ2v) is 6.27. The van der Waals surface area contributed by atoms with Crippen molar-refractivity contribution in [2.75, 3.05) is 19.5 Å². The van der Waals surface area contributed by atoms with Gasteiger partial charge in [0.05, 0.1) is 36.8 Å². The molecule has 27 heavy (non-hydrogen) atoms. The minimum absolute atomic E-state index is 0.288. The van der Waals surface area contributed by atoms with Crippen molar-refractivity contribution in [1.82, 2.24) is 14.8 Å². The van der Waals surface area contributed by atoms with Crippen molar-refractivity contribution in [3.63, 3.8) is 0 Å². The van der Waals surface area contributed by atoms with Crippen LogP contribution in [0.1, 0.15) is 11.3 Å². The third-order valence-corrected chi connectivity index (χ3v) is 4.29. The van der Waals surface area contributed by atoms with E-state index in [4.69, 9.17) is 21.1 Å². The monoisotopic (exact) mass is 386 g/mol. The molecule has 0 radical (unpaired) electrons. The highest BCUT2D eigenvalue weighted by molar-refractivity contribution is 6.32. The second kappa shape index (κ2) is 7.67. The van der Waals surface area contributed by atoms with Crippen molar-refractivity contribution in [3.05, 3.63) is 46.8 Å². The molecule has 0 aliphatic carbocycles. The topological polar surface area (TPSA) is 78.3 Å². The van der Waals surface area contributed by atoms with Gasteiger partial charge in [-0.2, -0.15) is 5.10 Å². The molecule has 0 spiro atoms. The zero-order valence-electron chi connectivity index (χ0n) is 15.4. The molecule has 3 rings (SSSR count). The highest BCUT2D eigenvalue weighted by atomic mass is 35.5. The number of nitrogens with zero attached hydrogens (tertiary/aromatic N) is 3. The lowest BCUT2D eigenvalue weighted by Gasteiger charge is -2.10. The summed E-state index contributed by atoms with van der Waals surface area (Å²) in [5, 5.41) is 8.41. The number of aryl methyl sites for hydroxylation is 2. The summed E-state index contributed by atoms with van der Waals surface area (Å²) in [6, 6.07) is 5.28. The molecule has 3 aromatic rings. The number of methoxy groups -OCH3 is 2. The third-order valence-electron chi connectivity index (χ3n) is 4.01. The zero-order valence-corrected chi connectivity index (χ0v) is 16.2. The molecule has 0 aliphatic heterocycles. The fourth-order valence-electron chi connectivity index (χ4n) is 2.77. The molecule has 7 nitrogen and oxygen atoms in total. The van der Waals surface area contributed by atoms with Crippen LogP contribution in [-0.2, 0) is 11.8 Å². The lowest BCUT2D eigenvalue weighted by molar-refractivity contribution is -0.111. The van der Waals surface area contributed by atoms with Crippen LogP contribution in [0.5, 0.6) is 11.5 Å². The van der Waals surface area contributed by atoms with Crippen molar-refractivity contribution in [2.45, 2.75) is 6.92 Å². The van der Waals surface area contributed by atoms with Crippen LogP contribution >= 0.6 is 11.6 Å². The van der Waals surface area contributed by atoms with Gasteiger partial charge in [0.2, 0.25) is 5.91 Å². The van der Waals surface area contributed by atoms with Crippen LogP contribution in [0.3, 0.4) is 0 Å². The van der Waals surface area contributed by atoms with Crippen LogP contribution in [0.2, 0.25) is 5.02 Å². The number of aromatic nitrogens is 3. The van der Waals surface area contributed by atoms with E-state index < -0.39 is 0 Å². The maximum Gasteiger partial charge on any atom is 0.248 e. The SMILES string of the molecule is COc1cc(/C=C/C(=O)Nc2cnc3c(c2)c(C)nn3C)cc(Cl)c1OC. The number of fused-ring (bicyclic) bond motifs is 1. The number of carbonyl (C=O) groups excluding carboxylic acids is 1. The highest BCUT2D eigenvalue weighted by Gasteiger charge is 2.10. The van der Waals surface area contributed by atoms with E-state index in [9.17, 15) is 4.79 Å². The molecular weight excluding hydrogens is 368 g/mol. The van der Waals surface area contributed by atoms with Crippen LogP contribution in [0.25, 0.3) is 17.1 Å². The second-order valence-electron chi connectivity index (χ2n) is 5.86. The van der Waals surface area contributed by atoms with Gasteiger partial charge in [-0.1, -0.05) is 11.6 Å². The van der Waals surface area contributed by atoms with E-state index >= 15 is 0 Å². The maximum absolute atomic E-state index is 12.2. The minimum atomic E-state index is -0.288. The van der Waals surface area contributed by atoms with E-state index in [0.29, 0.717) is 27.8 Å². The van der Waals surface area contributed by atoms with Crippen molar-refractivity contribution in [1.29, 1.82) is 0 Å². The summed E-state index contributed by atoms with van der Waals surface area (Å²) >= 11 is 6.18. The first-order valence-corrected chi connectivity index (χ1v) is 8.50. The van der Waals surface area contributed by atoms with Gasteiger partial charge in [-0.3, -0.25) is 9.48 Å². The Labute approximate surface area is 161 Å². The van der Waals surface area contributed by atoms with Gasteiger partial charge in [0.25, 0.3) is 0 Å². The summed E-state index contributed by atoms with van der Waals surface area (Å²) in [6.45, 7) is 1.90. The van der Waals surface area contributed by atoms with Crippen LogP contribution in [0, 0.1) is 6.92 Å². The largest absolute Gasteiger partial charge is 0.493 e. The van der Waals surface area contributed by atoms with Gasteiger partial charge < -0.3 is 14.8 Å². The van der Waals surface area contributed by atoms with Crippen LogP contribution in [0.15, 0.2) is 30.5 Å². The predicted octanol–water partition coefficient (Wildman–Crippen LogP) is 3.60. The smallest absolute Gasteiger partial charge is 0.248 e. The molecule has 0 unspecified atom stereocenters. The number of amides is 1. The molecule has 8 heteroatoms. The first-order valence-electron chi connectivity index (χ1n) is 8.13. The third kappa shape index (κ3) is 3.88. The lowest BCUT2D eigenvalue weighted by Crippen LogP contribution is -2.08. The fourth-order valence-corrected chi connectivity index (χ4v) is 3.06. The Morgan fingerprint density at radius 2 is 2.04 bits per heavy atom. The van der Waals surface area contributed by atoms with Crippen molar-refractivity contribution in [3.8, 4) is 11.5 Å². The van der Waals surface area contributed by atoms with Gasteiger partial charge in [-0.25, -0.2) is 4.98 Å². The van der Waals surface area contributed by atoms with Crippen LogP contribution in [-0.4, -0.2) is 34.9 Å². The predicted molar refractivity (Wildman–Crippen MR) is 105 cm³/mol. The van der Waals surface area contributed by atoms with Gasteiger partial charge in [-0.05, 0) is 36.8 Å². The molecule has 0 bridgehead atoms. The van der Waals surface area contributed by atoms with E-state index in [1.807, 2.05) is 20.0 Å². The molecule has 2 aromatic heterocycles. The first kappa shape index (κ1) is 18.7. The number of halogens is 1. The zero-order chi connectivity index (χ0) is 19.6. The Balaban J connectivity index is 1.78.